The molecule has 4 nitrogen and oxygen atoms in total. The summed E-state index contributed by atoms with van der Waals surface area (Å²) in [4.78, 5) is 13.2. The van der Waals surface area contributed by atoms with Crippen molar-refractivity contribution in [3.05, 3.63) is 35.1 Å². The van der Waals surface area contributed by atoms with E-state index in [1.165, 1.54) is 19.2 Å². The molecule has 0 radical (unpaired) electrons. The van der Waals surface area contributed by atoms with Gasteiger partial charge >= 0.3 is 5.97 Å². The first kappa shape index (κ1) is 15.6. The van der Waals surface area contributed by atoms with Crippen LogP contribution in [-0.4, -0.2) is 31.1 Å². The van der Waals surface area contributed by atoms with Gasteiger partial charge in [-0.1, -0.05) is 13.0 Å². The Kier molecular flexibility index (Phi) is 6.45. The Hall–Kier alpha value is -1.46. The van der Waals surface area contributed by atoms with Crippen LogP contribution in [0.3, 0.4) is 0 Å². The molecular formula is C14H21FN2O2. The number of benzene rings is 1. The van der Waals surface area contributed by atoms with Crippen molar-refractivity contribution in [3.8, 4) is 0 Å². The van der Waals surface area contributed by atoms with Gasteiger partial charge in [0.25, 0.3) is 0 Å². The summed E-state index contributed by atoms with van der Waals surface area (Å²) in [5.41, 5.74) is 7.42. The van der Waals surface area contributed by atoms with Crippen LogP contribution >= 0.6 is 0 Å². The van der Waals surface area contributed by atoms with Crippen LogP contribution in [0.1, 0.15) is 24.5 Å². The van der Waals surface area contributed by atoms with E-state index in [2.05, 4.69) is 9.64 Å². The third-order valence-corrected chi connectivity index (χ3v) is 3.09. The second kappa shape index (κ2) is 7.86. The molecule has 0 aromatic heterocycles. The van der Waals surface area contributed by atoms with E-state index in [9.17, 15) is 9.18 Å². The van der Waals surface area contributed by atoms with Gasteiger partial charge in [0.1, 0.15) is 5.82 Å². The zero-order valence-electron chi connectivity index (χ0n) is 11.5. The molecule has 0 atom stereocenters. The molecule has 0 aliphatic heterocycles. The van der Waals surface area contributed by atoms with Gasteiger partial charge in [-0.15, -0.1) is 0 Å². The lowest BCUT2D eigenvalue weighted by Crippen LogP contribution is -2.26. The van der Waals surface area contributed by atoms with Crippen LogP contribution in [-0.2, 0) is 22.6 Å². The monoisotopic (exact) mass is 268 g/mol. The number of carbonyl (C=O) groups excluding carboxylic acids is 1. The van der Waals surface area contributed by atoms with Gasteiger partial charge in [0, 0.05) is 19.6 Å². The molecule has 1 rings (SSSR count). The number of ether oxygens (including phenoxy) is 1. The molecule has 0 aliphatic carbocycles. The van der Waals surface area contributed by atoms with E-state index in [1.807, 2.05) is 6.92 Å². The van der Waals surface area contributed by atoms with Crippen LogP contribution in [0.2, 0.25) is 0 Å². The van der Waals surface area contributed by atoms with Crippen LogP contribution in [0.4, 0.5) is 4.39 Å². The van der Waals surface area contributed by atoms with Crippen molar-refractivity contribution in [1.29, 1.82) is 0 Å². The van der Waals surface area contributed by atoms with Gasteiger partial charge in [0.05, 0.1) is 13.5 Å². The molecule has 2 N–H and O–H groups in total. The number of halogens is 1. The average molecular weight is 268 g/mol. The highest BCUT2D eigenvalue weighted by Gasteiger charge is 2.10. The van der Waals surface area contributed by atoms with Gasteiger partial charge in [-0.05, 0) is 29.8 Å². The van der Waals surface area contributed by atoms with E-state index in [4.69, 9.17) is 5.73 Å². The summed E-state index contributed by atoms with van der Waals surface area (Å²) >= 11 is 0. The third kappa shape index (κ3) is 4.96. The molecule has 0 bridgehead atoms. The Morgan fingerprint density at radius 3 is 2.74 bits per heavy atom. The quantitative estimate of drug-likeness (QED) is 0.764. The molecule has 0 heterocycles. The van der Waals surface area contributed by atoms with Crippen LogP contribution in [0, 0.1) is 5.82 Å². The lowest BCUT2D eigenvalue weighted by Gasteiger charge is -2.21. The van der Waals surface area contributed by atoms with Gasteiger partial charge in [0.15, 0.2) is 0 Å². The number of hydrogen-bond acceptors (Lipinski definition) is 4. The molecule has 106 valence electrons. The predicted molar refractivity (Wildman–Crippen MR) is 71.9 cm³/mol. The Morgan fingerprint density at radius 2 is 2.16 bits per heavy atom. The summed E-state index contributed by atoms with van der Waals surface area (Å²) in [7, 11) is 1.38. The molecule has 5 heteroatoms. The second-order valence-corrected chi connectivity index (χ2v) is 4.31. The second-order valence-electron chi connectivity index (χ2n) is 4.31. The zero-order chi connectivity index (χ0) is 14.3. The minimum absolute atomic E-state index is 0.225. The summed E-state index contributed by atoms with van der Waals surface area (Å²) in [6.45, 7) is 4.40. The van der Waals surface area contributed by atoms with E-state index in [0.717, 1.165) is 17.7 Å². The Bertz CT molecular complexity index is 424. The molecule has 1 aromatic rings. The molecule has 0 saturated heterocycles. The van der Waals surface area contributed by atoms with E-state index in [1.54, 1.807) is 6.07 Å². The molecule has 0 saturated carbocycles. The highest BCUT2D eigenvalue weighted by atomic mass is 19.1. The van der Waals surface area contributed by atoms with Crippen molar-refractivity contribution in [3.63, 3.8) is 0 Å². The summed E-state index contributed by atoms with van der Waals surface area (Å²) in [5.74, 6) is -0.501. The first-order valence-electron chi connectivity index (χ1n) is 6.37. The molecule has 0 amide bonds. The minimum atomic E-state index is -0.276. The SMILES string of the molecule is CCN(CCC(=O)OC)Cc1ccc(F)cc1CN. The summed E-state index contributed by atoms with van der Waals surface area (Å²) < 4.78 is 17.7. The van der Waals surface area contributed by atoms with E-state index < -0.39 is 0 Å². The topological polar surface area (TPSA) is 55.6 Å². The number of nitrogens with zero attached hydrogens (tertiary/aromatic N) is 1. The standard InChI is InChI=1S/C14H21FN2O2/c1-3-17(7-6-14(18)19-2)10-11-4-5-13(15)8-12(11)9-16/h4-5,8H,3,6-7,9-10,16H2,1-2H3. The third-order valence-electron chi connectivity index (χ3n) is 3.09. The Balaban J connectivity index is 2.67. The number of rotatable bonds is 7. The molecule has 0 fully saturated rings. The number of nitrogens with two attached hydrogens (primary N) is 1. The maximum atomic E-state index is 13.1. The van der Waals surface area contributed by atoms with Gasteiger partial charge in [0.2, 0.25) is 0 Å². The average Bonchev–Trinajstić information content (AvgIpc) is 2.44. The van der Waals surface area contributed by atoms with Gasteiger partial charge in [-0.25, -0.2) is 4.39 Å². The van der Waals surface area contributed by atoms with Crippen molar-refractivity contribution < 1.29 is 13.9 Å². The smallest absolute Gasteiger partial charge is 0.306 e. The molecule has 0 aliphatic rings. The highest BCUT2D eigenvalue weighted by molar-refractivity contribution is 5.69. The summed E-state index contributed by atoms with van der Waals surface area (Å²) in [5, 5.41) is 0. The molecule has 0 unspecified atom stereocenters. The van der Waals surface area contributed by atoms with Crippen LogP contribution < -0.4 is 5.73 Å². The largest absolute Gasteiger partial charge is 0.469 e. The lowest BCUT2D eigenvalue weighted by molar-refractivity contribution is -0.141. The molecular weight excluding hydrogens is 247 g/mol. The van der Waals surface area contributed by atoms with E-state index >= 15 is 0 Å². The zero-order valence-corrected chi connectivity index (χ0v) is 11.5. The van der Waals surface area contributed by atoms with Crippen LogP contribution in [0.25, 0.3) is 0 Å². The Labute approximate surface area is 113 Å². The van der Waals surface area contributed by atoms with Crippen molar-refractivity contribution in [1.82, 2.24) is 4.90 Å². The first-order valence-corrected chi connectivity index (χ1v) is 6.37. The molecule has 19 heavy (non-hydrogen) atoms. The van der Waals surface area contributed by atoms with Crippen molar-refractivity contribution in [2.45, 2.75) is 26.4 Å². The number of esters is 1. The van der Waals surface area contributed by atoms with E-state index in [0.29, 0.717) is 26.1 Å². The van der Waals surface area contributed by atoms with Crippen molar-refractivity contribution in [2.24, 2.45) is 5.73 Å². The number of methoxy groups -OCH3 is 1. The fraction of sp³-hybridized carbons (Fsp3) is 0.500. The maximum Gasteiger partial charge on any atom is 0.306 e. The molecule has 0 spiro atoms. The van der Waals surface area contributed by atoms with Crippen LogP contribution in [0.5, 0.6) is 0 Å². The summed E-state index contributed by atoms with van der Waals surface area (Å²) in [6.07, 6.45) is 0.351. The van der Waals surface area contributed by atoms with E-state index in [-0.39, 0.29) is 11.8 Å². The normalized spacial score (nSPS) is 10.8. The van der Waals surface area contributed by atoms with Gasteiger partial charge < -0.3 is 10.5 Å². The highest BCUT2D eigenvalue weighted by Crippen LogP contribution is 2.13. The Morgan fingerprint density at radius 1 is 1.42 bits per heavy atom. The summed E-state index contributed by atoms with van der Waals surface area (Å²) in [6, 6.07) is 4.64. The van der Waals surface area contributed by atoms with Crippen molar-refractivity contribution in [2.75, 3.05) is 20.2 Å². The first-order chi connectivity index (χ1) is 9.10. The minimum Gasteiger partial charge on any atom is -0.469 e. The fourth-order valence-electron chi connectivity index (χ4n) is 1.88. The number of carbonyl (C=O) groups is 1. The van der Waals surface area contributed by atoms with Gasteiger partial charge in [-0.3, -0.25) is 9.69 Å². The fourth-order valence-corrected chi connectivity index (χ4v) is 1.88. The maximum absolute atomic E-state index is 13.1. The van der Waals surface area contributed by atoms with Crippen molar-refractivity contribution >= 4 is 5.97 Å². The lowest BCUT2D eigenvalue weighted by atomic mass is 10.1. The van der Waals surface area contributed by atoms with Gasteiger partial charge in [-0.2, -0.15) is 0 Å². The van der Waals surface area contributed by atoms with Crippen LogP contribution in [0.15, 0.2) is 18.2 Å². The molecule has 1 aromatic carbocycles. The predicted octanol–water partition coefficient (Wildman–Crippen LogP) is 1.67. The number of hydrogen-bond donors (Lipinski definition) is 1.